The van der Waals surface area contributed by atoms with E-state index in [1.807, 2.05) is 11.5 Å². The third-order valence-corrected chi connectivity index (χ3v) is 7.18. The third kappa shape index (κ3) is 7.14. The van der Waals surface area contributed by atoms with Crippen molar-refractivity contribution in [3.05, 3.63) is 46.3 Å². The van der Waals surface area contributed by atoms with E-state index in [-0.39, 0.29) is 24.0 Å². The van der Waals surface area contributed by atoms with Crippen molar-refractivity contribution < 1.29 is 22.7 Å². The van der Waals surface area contributed by atoms with Gasteiger partial charge in [-0.15, -0.1) is 23.1 Å². The second kappa shape index (κ2) is 11.8. The summed E-state index contributed by atoms with van der Waals surface area (Å²) in [6.07, 6.45) is 3.52. The zero-order valence-electron chi connectivity index (χ0n) is 18.4. The largest absolute Gasteiger partial charge is 0.493 e. The van der Waals surface area contributed by atoms with Gasteiger partial charge in [0.1, 0.15) is 5.75 Å². The quantitative estimate of drug-likeness (QED) is 0.313. The van der Waals surface area contributed by atoms with E-state index in [0.29, 0.717) is 10.8 Å². The first-order chi connectivity index (χ1) is 15.8. The maximum absolute atomic E-state index is 13.6. The van der Waals surface area contributed by atoms with Gasteiger partial charge in [-0.1, -0.05) is 45.1 Å². The lowest BCUT2D eigenvalue weighted by Gasteiger charge is -2.16. The van der Waals surface area contributed by atoms with Gasteiger partial charge in [0.2, 0.25) is 5.91 Å². The molecule has 1 aromatic heterocycles. The fourth-order valence-electron chi connectivity index (χ4n) is 3.54. The van der Waals surface area contributed by atoms with Crippen LogP contribution in [0.4, 0.5) is 24.0 Å². The Labute approximate surface area is 200 Å². The lowest BCUT2D eigenvalue weighted by atomic mass is 10.0. The molecule has 0 spiro atoms. The zero-order chi connectivity index (χ0) is 23.8. The molecule has 0 saturated carbocycles. The molecular weight excluding hydrogens is 471 g/mol. The first-order valence-electron chi connectivity index (χ1n) is 11.0. The van der Waals surface area contributed by atoms with Gasteiger partial charge in [-0.2, -0.15) is 13.2 Å². The van der Waals surface area contributed by atoms with E-state index < -0.39 is 22.9 Å². The van der Waals surface area contributed by atoms with Crippen molar-refractivity contribution in [2.45, 2.75) is 62.8 Å². The minimum Gasteiger partial charge on any atom is -0.493 e. The summed E-state index contributed by atoms with van der Waals surface area (Å²) in [6.45, 7) is 2.39. The molecule has 2 aromatic rings. The summed E-state index contributed by atoms with van der Waals surface area (Å²) in [7, 11) is 0. The van der Waals surface area contributed by atoms with Crippen LogP contribution in [-0.2, 0) is 11.0 Å². The average molecular weight is 500 g/mol. The monoisotopic (exact) mass is 499 g/mol. The van der Waals surface area contributed by atoms with Gasteiger partial charge in [0.05, 0.1) is 23.1 Å². The number of nitrogens with two attached hydrogens (primary N) is 1. The second-order valence-corrected chi connectivity index (χ2v) is 9.75. The summed E-state index contributed by atoms with van der Waals surface area (Å²) in [5.41, 5.74) is 5.54. The maximum atomic E-state index is 13.6. The van der Waals surface area contributed by atoms with Gasteiger partial charge in [-0.05, 0) is 30.0 Å². The number of thioether (sulfide) groups is 1. The van der Waals surface area contributed by atoms with Crippen LogP contribution >= 0.6 is 23.1 Å². The Morgan fingerprint density at radius 3 is 2.70 bits per heavy atom. The molecule has 180 valence electrons. The molecule has 2 unspecified atom stereocenters. The minimum absolute atomic E-state index is 0.168. The van der Waals surface area contributed by atoms with E-state index >= 15 is 0 Å². The van der Waals surface area contributed by atoms with E-state index in [4.69, 9.17) is 10.5 Å². The highest BCUT2D eigenvalue weighted by molar-refractivity contribution is 8.03. The number of nitrogens with one attached hydrogen (secondary N) is 1. The van der Waals surface area contributed by atoms with E-state index in [2.05, 4.69) is 17.2 Å². The number of hydrogen-bond donors (Lipinski definition) is 2. The topological polar surface area (TPSA) is 77.2 Å². The first kappa shape index (κ1) is 25.4. The summed E-state index contributed by atoms with van der Waals surface area (Å²) in [5, 5.41) is 6.53. The Kier molecular flexibility index (Phi) is 9.08. The molecule has 0 fully saturated rings. The molecule has 10 heteroatoms. The van der Waals surface area contributed by atoms with Crippen LogP contribution in [0.2, 0.25) is 0 Å². The summed E-state index contributed by atoms with van der Waals surface area (Å²) < 4.78 is 46.4. The summed E-state index contributed by atoms with van der Waals surface area (Å²) >= 11 is 2.59. The number of thiazole rings is 1. The van der Waals surface area contributed by atoms with Crippen molar-refractivity contribution in [3.8, 4) is 5.75 Å². The first-order valence-corrected chi connectivity index (χ1v) is 12.8. The molecule has 2 atom stereocenters. The van der Waals surface area contributed by atoms with Crippen molar-refractivity contribution in [1.29, 1.82) is 0 Å². The van der Waals surface area contributed by atoms with Crippen LogP contribution in [0, 0.1) is 0 Å². The Morgan fingerprint density at radius 2 is 1.97 bits per heavy atom. The van der Waals surface area contributed by atoms with Crippen molar-refractivity contribution in [1.82, 2.24) is 4.98 Å². The van der Waals surface area contributed by atoms with Gasteiger partial charge in [0.25, 0.3) is 0 Å². The number of hydrogen-bond acceptors (Lipinski definition) is 6. The molecule has 1 aliphatic heterocycles. The zero-order valence-corrected chi connectivity index (χ0v) is 20.0. The van der Waals surface area contributed by atoms with E-state index in [0.717, 1.165) is 38.2 Å². The molecule has 1 amide bonds. The normalized spacial score (nSPS) is 17.9. The summed E-state index contributed by atoms with van der Waals surface area (Å²) in [5.74, 6) is -0.842. The minimum atomic E-state index is -4.54. The smallest absolute Gasteiger partial charge is 0.420 e. The molecule has 1 aliphatic rings. The van der Waals surface area contributed by atoms with Crippen LogP contribution < -0.4 is 15.8 Å². The second-order valence-electron chi connectivity index (χ2n) is 7.84. The SMILES string of the molecule is CCCCCCCCOc1ccc(Nc2nc(C3C=CSC3C(N)=O)cs2)cc1C(F)(F)F. The number of anilines is 2. The Balaban J connectivity index is 1.64. The molecule has 0 radical (unpaired) electrons. The Bertz CT molecular complexity index is 963. The van der Waals surface area contributed by atoms with Crippen molar-refractivity contribution in [2.75, 3.05) is 11.9 Å². The number of benzene rings is 1. The summed E-state index contributed by atoms with van der Waals surface area (Å²) in [4.78, 5) is 16.1. The number of alkyl halides is 3. The predicted octanol–water partition coefficient (Wildman–Crippen LogP) is 6.84. The number of unbranched alkanes of at least 4 members (excludes halogenated alkanes) is 5. The van der Waals surface area contributed by atoms with Crippen molar-refractivity contribution in [3.63, 3.8) is 0 Å². The highest BCUT2D eigenvalue weighted by Crippen LogP contribution is 2.40. The molecule has 1 aromatic carbocycles. The molecule has 0 bridgehead atoms. The van der Waals surface area contributed by atoms with Gasteiger partial charge in [-0.3, -0.25) is 4.79 Å². The molecule has 33 heavy (non-hydrogen) atoms. The Morgan fingerprint density at radius 1 is 1.21 bits per heavy atom. The number of primary amides is 1. The van der Waals surface area contributed by atoms with Crippen LogP contribution in [0.5, 0.6) is 5.75 Å². The number of halogens is 3. The van der Waals surface area contributed by atoms with Gasteiger partial charge >= 0.3 is 6.18 Å². The number of carbonyl (C=O) groups excluding carboxylic acids is 1. The lowest BCUT2D eigenvalue weighted by molar-refractivity contribution is -0.138. The predicted molar refractivity (Wildman–Crippen MR) is 128 cm³/mol. The number of aromatic nitrogens is 1. The van der Waals surface area contributed by atoms with Crippen LogP contribution in [0.25, 0.3) is 0 Å². The van der Waals surface area contributed by atoms with Crippen molar-refractivity contribution >= 4 is 39.8 Å². The van der Waals surface area contributed by atoms with Gasteiger partial charge < -0.3 is 15.8 Å². The third-order valence-electron chi connectivity index (χ3n) is 5.27. The standard InChI is InChI=1S/C23H28F3N3O2S2/c1-2-3-4-5-6-7-11-31-19-9-8-15(13-17(19)23(24,25)26)28-22-29-18(14-33-22)16-10-12-32-20(16)21(27)30/h8-10,12-14,16,20H,2-7,11H2,1H3,(H2,27,30)(H,28,29). The van der Waals surface area contributed by atoms with Crippen LogP contribution in [0.15, 0.2) is 35.1 Å². The van der Waals surface area contributed by atoms with Crippen molar-refractivity contribution in [2.24, 2.45) is 5.73 Å². The summed E-state index contributed by atoms with van der Waals surface area (Å²) in [6, 6.07) is 3.93. The number of rotatable bonds is 12. The number of amides is 1. The van der Waals surface area contributed by atoms with Crippen LogP contribution in [0.1, 0.15) is 62.6 Å². The molecular formula is C23H28F3N3O2S2. The molecule has 5 nitrogen and oxygen atoms in total. The van der Waals surface area contributed by atoms with E-state index in [1.54, 1.807) is 11.4 Å². The lowest BCUT2D eigenvalue weighted by Crippen LogP contribution is -2.28. The number of ether oxygens (including phenoxy) is 1. The molecule has 3 rings (SSSR count). The van der Waals surface area contributed by atoms with E-state index in [9.17, 15) is 18.0 Å². The van der Waals surface area contributed by atoms with Crippen LogP contribution in [-0.4, -0.2) is 22.7 Å². The number of nitrogens with zero attached hydrogens (tertiary/aromatic N) is 1. The highest BCUT2D eigenvalue weighted by Gasteiger charge is 2.35. The fraction of sp³-hybridized carbons (Fsp3) is 0.478. The van der Waals surface area contributed by atoms with Crippen LogP contribution in [0.3, 0.4) is 0 Å². The molecule has 0 aliphatic carbocycles. The highest BCUT2D eigenvalue weighted by atomic mass is 32.2. The molecule has 0 saturated heterocycles. The van der Waals surface area contributed by atoms with E-state index in [1.165, 1.54) is 35.6 Å². The van der Waals surface area contributed by atoms with Gasteiger partial charge in [-0.25, -0.2) is 4.98 Å². The molecule has 2 heterocycles. The average Bonchev–Trinajstić information content (AvgIpc) is 3.42. The Hall–Kier alpha value is -2.20. The number of carbonyl (C=O) groups is 1. The molecule has 3 N–H and O–H groups in total. The number of allylic oxidation sites excluding steroid dienone is 1. The fourth-order valence-corrected chi connectivity index (χ4v) is 5.28. The van der Waals surface area contributed by atoms with Gasteiger partial charge in [0.15, 0.2) is 5.13 Å². The maximum Gasteiger partial charge on any atom is 0.420 e. The van der Waals surface area contributed by atoms with Gasteiger partial charge in [0, 0.05) is 17.0 Å².